The van der Waals surface area contributed by atoms with Crippen molar-refractivity contribution in [3.05, 3.63) is 107 Å². The van der Waals surface area contributed by atoms with Crippen molar-refractivity contribution in [3.8, 4) is 0 Å². The summed E-state index contributed by atoms with van der Waals surface area (Å²) < 4.78 is 0. The van der Waals surface area contributed by atoms with Gasteiger partial charge in [-0.25, -0.2) is 0 Å². The Morgan fingerprint density at radius 3 is 2.44 bits per heavy atom. The number of rotatable bonds is 4. The molecule has 3 aromatic carbocycles. The van der Waals surface area contributed by atoms with E-state index in [1.165, 1.54) is 0 Å². The topological polar surface area (TPSA) is 56.4 Å². The summed E-state index contributed by atoms with van der Waals surface area (Å²) in [5.41, 5.74) is 4.40. The van der Waals surface area contributed by atoms with Crippen LogP contribution in [0.25, 0.3) is 10.9 Å². The fourth-order valence-electron chi connectivity index (χ4n) is 4.84. The first-order chi connectivity index (χ1) is 15.6. The first-order valence-corrected chi connectivity index (χ1v) is 10.8. The van der Waals surface area contributed by atoms with Crippen LogP contribution in [-0.4, -0.2) is 40.7 Å². The molecule has 0 unspecified atom stereocenters. The molecule has 0 radical (unpaired) electrons. The molecular formula is C27H25N3O2. The number of likely N-dealkylation sites (N-methyl/N-ethyl adjacent to an activating group) is 2. The maximum atomic E-state index is 13.9. The van der Waals surface area contributed by atoms with E-state index in [1.54, 1.807) is 16.8 Å². The van der Waals surface area contributed by atoms with Gasteiger partial charge in [0.05, 0.1) is 12.0 Å². The Kier molecular flexibility index (Phi) is 5.02. The third-order valence-corrected chi connectivity index (χ3v) is 6.42. The van der Waals surface area contributed by atoms with Crippen LogP contribution in [-0.2, 0) is 11.3 Å². The molecule has 0 fully saturated rings. The third kappa shape index (κ3) is 3.26. The Labute approximate surface area is 187 Å². The quantitative estimate of drug-likeness (QED) is 0.516. The number of amides is 2. The molecule has 4 aromatic rings. The van der Waals surface area contributed by atoms with Crippen LogP contribution in [0.4, 0.5) is 0 Å². The van der Waals surface area contributed by atoms with E-state index >= 15 is 0 Å². The van der Waals surface area contributed by atoms with E-state index in [9.17, 15) is 9.59 Å². The zero-order valence-corrected chi connectivity index (χ0v) is 18.2. The maximum Gasteiger partial charge on any atom is 0.254 e. The van der Waals surface area contributed by atoms with Crippen LogP contribution in [0.15, 0.2) is 85.1 Å². The molecule has 1 aliphatic rings. The summed E-state index contributed by atoms with van der Waals surface area (Å²) in [5, 5.41) is 1.03. The van der Waals surface area contributed by atoms with Crippen LogP contribution in [0, 0.1) is 0 Å². The number of nitrogens with one attached hydrogen (secondary N) is 1. The number of carbonyl (C=O) groups excluding carboxylic acids is 2. The van der Waals surface area contributed by atoms with Crippen molar-refractivity contribution in [1.29, 1.82) is 0 Å². The van der Waals surface area contributed by atoms with Crippen molar-refractivity contribution >= 4 is 22.7 Å². The molecule has 1 aliphatic heterocycles. The zero-order chi connectivity index (χ0) is 22.2. The normalized spacial score (nSPS) is 17.9. The predicted molar refractivity (Wildman–Crippen MR) is 125 cm³/mol. The maximum absolute atomic E-state index is 13.9. The van der Waals surface area contributed by atoms with E-state index in [0.717, 1.165) is 27.6 Å². The van der Waals surface area contributed by atoms with Crippen molar-refractivity contribution in [3.63, 3.8) is 0 Å². The second-order valence-corrected chi connectivity index (χ2v) is 8.40. The van der Waals surface area contributed by atoms with E-state index in [2.05, 4.69) is 4.98 Å². The van der Waals surface area contributed by atoms with Crippen molar-refractivity contribution in [1.82, 2.24) is 14.8 Å². The lowest BCUT2D eigenvalue weighted by atomic mass is 9.79. The number of fused-ring (bicyclic) bond motifs is 2. The van der Waals surface area contributed by atoms with Crippen molar-refractivity contribution < 1.29 is 9.59 Å². The van der Waals surface area contributed by atoms with Crippen molar-refractivity contribution in [2.24, 2.45) is 0 Å². The number of aromatic amines is 1. The van der Waals surface area contributed by atoms with Gasteiger partial charge in [0, 0.05) is 48.9 Å². The lowest BCUT2D eigenvalue weighted by molar-refractivity contribution is -0.133. The fraction of sp³-hybridized carbons (Fsp3) is 0.185. The summed E-state index contributed by atoms with van der Waals surface area (Å²) in [5.74, 6) is -0.566. The van der Waals surface area contributed by atoms with Gasteiger partial charge in [0.15, 0.2) is 0 Å². The van der Waals surface area contributed by atoms with Gasteiger partial charge in [-0.3, -0.25) is 9.59 Å². The van der Waals surface area contributed by atoms with Gasteiger partial charge in [-0.1, -0.05) is 66.7 Å². The SMILES string of the molecule is CN(Cc1ccccc1)C(=O)[C@H]1c2ccccc2C(=O)N(C)[C@@H]1c1c[nH]c2ccccc12. The predicted octanol–water partition coefficient (Wildman–Crippen LogP) is 4.74. The fourth-order valence-corrected chi connectivity index (χ4v) is 4.84. The van der Waals surface area contributed by atoms with Gasteiger partial charge in [-0.2, -0.15) is 0 Å². The van der Waals surface area contributed by atoms with Crippen LogP contribution < -0.4 is 0 Å². The van der Waals surface area contributed by atoms with Crippen molar-refractivity contribution in [2.75, 3.05) is 14.1 Å². The molecule has 5 rings (SSSR count). The minimum Gasteiger partial charge on any atom is -0.361 e. The van der Waals surface area contributed by atoms with Crippen molar-refractivity contribution in [2.45, 2.75) is 18.5 Å². The lowest BCUT2D eigenvalue weighted by Crippen LogP contribution is -2.45. The summed E-state index contributed by atoms with van der Waals surface area (Å²) >= 11 is 0. The van der Waals surface area contributed by atoms with E-state index in [1.807, 2.05) is 92.1 Å². The van der Waals surface area contributed by atoms with Crippen LogP contribution in [0.2, 0.25) is 0 Å². The van der Waals surface area contributed by atoms with Gasteiger partial charge < -0.3 is 14.8 Å². The molecule has 0 saturated carbocycles. The minimum atomic E-state index is -0.498. The van der Waals surface area contributed by atoms with E-state index in [-0.39, 0.29) is 11.8 Å². The highest BCUT2D eigenvalue weighted by atomic mass is 16.2. The second kappa shape index (κ2) is 8.00. The molecule has 5 nitrogen and oxygen atoms in total. The van der Waals surface area contributed by atoms with Crippen LogP contribution in [0.5, 0.6) is 0 Å². The number of benzene rings is 3. The molecule has 160 valence electrons. The molecule has 2 atom stereocenters. The molecule has 0 spiro atoms. The van der Waals surface area contributed by atoms with Gasteiger partial charge in [0.1, 0.15) is 0 Å². The number of hydrogen-bond acceptors (Lipinski definition) is 2. The van der Waals surface area contributed by atoms with Gasteiger partial charge in [0.2, 0.25) is 5.91 Å². The molecule has 1 aromatic heterocycles. The molecule has 5 heteroatoms. The van der Waals surface area contributed by atoms with Gasteiger partial charge in [-0.05, 0) is 23.3 Å². The van der Waals surface area contributed by atoms with Crippen LogP contribution in [0.1, 0.15) is 39.0 Å². The highest BCUT2D eigenvalue weighted by Gasteiger charge is 2.44. The largest absolute Gasteiger partial charge is 0.361 e. The highest BCUT2D eigenvalue weighted by molar-refractivity contribution is 6.02. The minimum absolute atomic E-state index is 0.00376. The Morgan fingerprint density at radius 2 is 1.62 bits per heavy atom. The molecule has 32 heavy (non-hydrogen) atoms. The molecule has 1 N–H and O–H groups in total. The van der Waals surface area contributed by atoms with Crippen LogP contribution in [0.3, 0.4) is 0 Å². The Bertz CT molecular complexity index is 1290. The monoisotopic (exact) mass is 423 g/mol. The standard InChI is InChI=1S/C27H25N3O2/c1-29(17-18-10-4-3-5-11-18)27(32)24-20-13-6-7-14-21(20)26(31)30(2)25(24)22-16-28-23-15-9-8-12-19(22)23/h3-16,24-25,28H,17H2,1-2H3/t24-,25+/m0/s1. The summed E-state index contributed by atoms with van der Waals surface area (Å²) in [6.07, 6.45) is 1.94. The molecule has 0 bridgehead atoms. The Balaban J connectivity index is 1.62. The third-order valence-electron chi connectivity index (χ3n) is 6.42. The zero-order valence-electron chi connectivity index (χ0n) is 18.2. The van der Waals surface area contributed by atoms with E-state index < -0.39 is 12.0 Å². The van der Waals surface area contributed by atoms with E-state index in [0.29, 0.717) is 12.1 Å². The second-order valence-electron chi connectivity index (χ2n) is 8.40. The number of H-pyrrole nitrogens is 1. The van der Waals surface area contributed by atoms with E-state index in [4.69, 9.17) is 0 Å². The summed E-state index contributed by atoms with van der Waals surface area (Å²) in [7, 11) is 3.63. The molecule has 0 saturated heterocycles. The highest BCUT2D eigenvalue weighted by Crippen LogP contribution is 2.44. The smallest absolute Gasteiger partial charge is 0.254 e. The first kappa shape index (κ1) is 20.1. The average Bonchev–Trinajstić information content (AvgIpc) is 3.25. The lowest BCUT2D eigenvalue weighted by Gasteiger charge is -2.40. The number of nitrogens with zero attached hydrogens (tertiary/aromatic N) is 2. The summed E-state index contributed by atoms with van der Waals surface area (Å²) in [6.45, 7) is 0.511. The molecule has 2 heterocycles. The van der Waals surface area contributed by atoms with Gasteiger partial charge >= 0.3 is 0 Å². The summed E-state index contributed by atoms with van der Waals surface area (Å²) in [6, 6.07) is 25.1. The Hall–Kier alpha value is -3.86. The summed E-state index contributed by atoms with van der Waals surface area (Å²) in [4.78, 5) is 34.0. The average molecular weight is 424 g/mol. The first-order valence-electron chi connectivity index (χ1n) is 10.8. The molecular weight excluding hydrogens is 398 g/mol. The molecule has 2 amide bonds. The Morgan fingerprint density at radius 1 is 0.938 bits per heavy atom. The van der Waals surface area contributed by atoms with Gasteiger partial charge in [-0.15, -0.1) is 0 Å². The molecule has 0 aliphatic carbocycles. The number of carbonyl (C=O) groups is 2. The number of aromatic nitrogens is 1. The number of para-hydroxylation sites is 1. The number of hydrogen-bond donors (Lipinski definition) is 1. The van der Waals surface area contributed by atoms with Gasteiger partial charge in [0.25, 0.3) is 5.91 Å². The van der Waals surface area contributed by atoms with Crippen LogP contribution >= 0.6 is 0 Å².